The van der Waals surface area contributed by atoms with Crippen molar-refractivity contribution < 1.29 is 38.2 Å². The summed E-state index contributed by atoms with van der Waals surface area (Å²) in [5.74, 6) is -4.95. The number of carbonyl (C=O) groups is 6. The predicted molar refractivity (Wildman–Crippen MR) is 116 cm³/mol. The Balaban J connectivity index is 1.59. The summed E-state index contributed by atoms with van der Waals surface area (Å²) in [4.78, 5) is 78.8. The number of nitrogens with zero attached hydrogens (tertiary/aromatic N) is 3. The maximum absolute atomic E-state index is 13.6. The number of imide groups is 1. The summed E-state index contributed by atoms with van der Waals surface area (Å²) in [5.41, 5.74) is 0.524. The average Bonchev–Trinajstić information content (AvgIpc) is 3.46. The van der Waals surface area contributed by atoms with Crippen molar-refractivity contribution in [1.29, 1.82) is 0 Å². The number of carbonyl (C=O) groups excluding carboxylic acids is 6. The van der Waals surface area contributed by atoms with Gasteiger partial charge < -0.3 is 9.47 Å². The molecule has 1 unspecified atom stereocenters. The molecule has 0 radical (unpaired) electrons. The first-order valence-corrected chi connectivity index (χ1v) is 10.4. The number of benzene rings is 2. The van der Waals surface area contributed by atoms with Crippen LogP contribution in [0.3, 0.4) is 0 Å². The fraction of sp³-hybridized carbons (Fsp3) is 0.167. The summed E-state index contributed by atoms with van der Waals surface area (Å²) >= 11 is 0. The topological polar surface area (TPSA) is 131 Å². The van der Waals surface area contributed by atoms with E-state index in [1.165, 1.54) is 18.2 Å². The van der Waals surface area contributed by atoms with Crippen molar-refractivity contribution in [2.75, 3.05) is 20.8 Å². The zero-order valence-electron chi connectivity index (χ0n) is 18.5. The van der Waals surface area contributed by atoms with Gasteiger partial charge in [-0.1, -0.05) is 30.3 Å². The Kier molecular flexibility index (Phi) is 4.97. The quantitative estimate of drug-likeness (QED) is 0.465. The van der Waals surface area contributed by atoms with Crippen LogP contribution in [0.2, 0.25) is 0 Å². The number of methoxy groups -OCH3 is 2. The molecule has 0 N–H and O–H groups in total. The highest BCUT2D eigenvalue weighted by Gasteiger charge is 2.56. The number of hydrogen-bond donors (Lipinski definition) is 0. The summed E-state index contributed by atoms with van der Waals surface area (Å²) in [5, 5.41) is 1.65. The molecule has 11 nitrogen and oxygen atoms in total. The van der Waals surface area contributed by atoms with Crippen molar-refractivity contribution in [1.82, 2.24) is 14.9 Å². The van der Waals surface area contributed by atoms with Gasteiger partial charge in [-0.25, -0.2) is 19.6 Å². The van der Waals surface area contributed by atoms with Crippen LogP contribution in [0.15, 0.2) is 54.1 Å². The molecule has 3 aliphatic heterocycles. The van der Waals surface area contributed by atoms with Gasteiger partial charge in [-0.05, 0) is 18.2 Å². The standard InChI is InChI=1S/C24H17N3O8/c1-34-23(32)17-18-12-7-3-4-8-13(12)22(31)27(18)26(19(17)24(33)35-2)16(28)11-25-20(29)14-9-5-6-10-15(14)21(25)30/h3-10,19H,11H2,1-2H3. The van der Waals surface area contributed by atoms with Crippen molar-refractivity contribution in [3.8, 4) is 0 Å². The van der Waals surface area contributed by atoms with Gasteiger partial charge in [0.05, 0.1) is 42.2 Å². The van der Waals surface area contributed by atoms with Crippen LogP contribution in [-0.2, 0) is 23.9 Å². The van der Waals surface area contributed by atoms with E-state index in [1.807, 2.05) is 0 Å². The zero-order valence-corrected chi connectivity index (χ0v) is 18.5. The Morgan fingerprint density at radius 3 is 1.80 bits per heavy atom. The van der Waals surface area contributed by atoms with Gasteiger partial charge in [-0.3, -0.25) is 24.1 Å². The molecule has 176 valence electrons. The number of amides is 4. The van der Waals surface area contributed by atoms with Crippen LogP contribution in [0, 0.1) is 0 Å². The van der Waals surface area contributed by atoms with Gasteiger partial charge in [-0.2, -0.15) is 0 Å². The average molecular weight is 475 g/mol. The lowest BCUT2D eigenvalue weighted by Crippen LogP contribution is -2.55. The number of ether oxygens (including phenoxy) is 2. The second kappa shape index (κ2) is 7.90. The van der Waals surface area contributed by atoms with Gasteiger partial charge in [0.2, 0.25) is 0 Å². The van der Waals surface area contributed by atoms with Crippen molar-refractivity contribution in [2.45, 2.75) is 6.04 Å². The van der Waals surface area contributed by atoms with Gasteiger partial charge in [-0.15, -0.1) is 0 Å². The highest BCUT2D eigenvalue weighted by molar-refractivity contribution is 6.23. The van der Waals surface area contributed by atoms with Crippen LogP contribution in [0.1, 0.15) is 36.6 Å². The highest BCUT2D eigenvalue weighted by atomic mass is 16.5. The van der Waals surface area contributed by atoms with E-state index in [0.29, 0.717) is 5.56 Å². The normalized spacial score (nSPS) is 18.1. The Morgan fingerprint density at radius 2 is 1.29 bits per heavy atom. The van der Waals surface area contributed by atoms with Crippen molar-refractivity contribution in [3.63, 3.8) is 0 Å². The molecule has 0 aliphatic carbocycles. The predicted octanol–water partition coefficient (Wildman–Crippen LogP) is 0.621. The highest BCUT2D eigenvalue weighted by Crippen LogP contribution is 2.44. The molecule has 0 fully saturated rings. The Labute approximate surface area is 198 Å². The molecule has 1 atom stereocenters. The molecule has 35 heavy (non-hydrogen) atoms. The number of hydrogen-bond acceptors (Lipinski definition) is 8. The van der Waals surface area contributed by atoms with Crippen LogP contribution >= 0.6 is 0 Å². The lowest BCUT2D eigenvalue weighted by molar-refractivity contribution is -0.158. The van der Waals surface area contributed by atoms with Gasteiger partial charge >= 0.3 is 11.9 Å². The molecule has 11 heteroatoms. The Hall–Kier alpha value is -4.80. The molecular formula is C24H17N3O8. The first kappa shape index (κ1) is 22.0. The lowest BCUT2D eigenvalue weighted by atomic mass is 10.0. The number of rotatable bonds is 4. The minimum absolute atomic E-state index is 0.00330. The third-order valence-corrected chi connectivity index (χ3v) is 6.06. The van der Waals surface area contributed by atoms with E-state index in [-0.39, 0.29) is 28.0 Å². The van der Waals surface area contributed by atoms with E-state index in [0.717, 1.165) is 29.1 Å². The molecule has 5 rings (SSSR count). The lowest BCUT2D eigenvalue weighted by Gasteiger charge is -2.31. The molecular weight excluding hydrogens is 458 g/mol. The SMILES string of the molecule is COC(=O)C1=C2c3ccccc3C(=O)N2N(C(=O)CN2C(=O)c3ccccc3C2=O)C1C(=O)OC. The van der Waals surface area contributed by atoms with Crippen molar-refractivity contribution in [2.24, 2.45) is 0 Å². The second-order valence-corrected chi connectivity index (χ2v) is 7.82. The first-order valence-electron chi connectivity index (χ1n) is 10.4. The molecule has 3 heterocycles. The Bertz CT molecular complexity index is 1360. The molecule has 2 aromatic carbocycles. The van der Waals surface area contributed by atoms with Crippen LogP contribution in [0.5, 0.6) is 0 Å². The van der Waals surface area contributed by atoms with E-state index in [1.54, 1.807) is 30.3 Å². The van der Waals surface area contributed by atoms with Crippen LogP contribution in [0.4, 0.5) is 0 Å². The Morgan fingerprint density at radius 1 is 0.771 bits per heavy atom. The largest absolute Gasteiger partial charge is 0.467 e. The summed E-state index contributed by atoms with van der Waals surface area (Å²) < 4.78 is 9.69. The minimum atomic E-state index is -1.66. The fourth-order valence-corrected chi connectivity index (χ4v) is 4.53. The van der Waals surface area contributed by atoms with Crippen LogP contribution < -0.4 is 0 Å². The van der Waals surface area contributed by atoms with Gasteiger partial charge in [0.1, 0.15) is 6.54 Å². The van der Waals surface area contributed by atoms with Gasteiger partial charge in [0.15, 0.2) is 6.04 Å². The second-order valence-electron chi connectivity index (χ2n) is 7.82. The smallest absolute Gasteiger partial charge is 0.338 e. The maximum Gasteiger partial charge on any atom is 0.338 e. The summed E-state index contributed by atoms with van der Waals surface area (Å²) in [6, 6.07) is 10.8. The monoisotopic (exact) mass is 475 g/mol. The molecule has 0 spiro atoms. The number of hydrazine groups is 1. The number of fused-ring (bicyclic) bond motifs is 4. The molecule has 0 aromatic heterocycles. The van der Waals surface area contributed by atoms with Crippen molar-refractivity contribution in [3.05, 3.63) is 76.4 Å². The van der Waals surface area contributed by atoms with E-state index in [4.69, 9.17) is 9.47 Å². The van der Waals surface area contributed by atoms with Crippen LogP contribution in [-0.4, -0.2) is 77.3 Å². The molecule has 3 aliphatic rings. The fourth-order valence-electron chi connectivity index (χ4n) is 4.53. The molecule has 0 saturated carbocycles. The summed E-state index contributed by atoms with van der Waals surface area (Å²) in [6.45, 7) is -0.776. The number of esters is 2. The third-order valence-electron chi connectivity index (χ3n) is 6.06. The van der Waals surface area contributed by atoms with E-state index in [2.05, 4.69) is 0 Å². The van der Waals surface area contributed by atoms with Crippen molar-refractivity contribution >= 4 is 41.3 Å². The summed E-state index contributed by atoms with van der Waals surface area (Å²) in [7, 11) is 2.16. The van der Waals surface area contributed by atoms with E-state index < -0.39 is 48.2 Å². The first-order chi connectivity index (χ1) is 16.8. The third kappa shape index (κ3) is 2.98. The summed E-state index contributed by atoms with van der Waals surface area (Å²) in [6.07, 6.45) is 0. The molecule has 0 bridgehead atoms. The molecule has 0 saturated heterocycles. The maximum atomic E-state index is 13.6. The molecule has 4 amide bonds. The minimum Gasteiger partial charge on any atom is -0.467 e. The van der Waals surface area contributed by atoms with E-state index >= 15 is 0 Å². The van der Waals surface area contributed by atoms with E-state index in [9.17, 15) is 28.8 Å². The van der Waals surface area contributed by atoms with Gasteiger partial charge in [0.25, 0.3) is 23.6 Å². The van der Waals surface area contributed by atoms with Crippen LogP contribution in [0.25, 0.3) is 5.70 Å². The van der Waals surface area contributed by atoms with Gasteiger partial charge in [0, 0.05) is 5.56 Å². The zero-order chi connectivity index (χ0) is 25.0. The molecule has 2 aromatic rings.